The molecule has 0 aliphatic heterocycles. The van der Waals surface area contributed by atoms with E-state index >= 15 is 0 Å². The standard InChI is InChI=1S/C15H20N2OS/c1-12(15-13(2)17-11-19-15)16-9-6-10-18-14-7-4-3-5-8-14/h3-5,7-8,11-12,16H,6,9-10H2,1-2H3. The Balaban J connectivity index is 1.63. The number of para-hydroxylation sites is 1. The molecule has 0 radical (unpaired) electrons. The number of nitrogens with one attached hydrogen (secondary N) is 1. The van der Waals surface area contributed by atoms with E-state index in [4.69, 9.17) is 4.74 Å². The highest BCUT2D eigenvalue weighted by atomic mass is 32.1. The molecule has 0 saturated heterocycles. The van der Waals surface area contributed by atoms with Crippen molar-refractivity contribution in [3.05, 3.63) is 46.4 Å². The van der Waals surface area contributed by atoms with Crippen molar-refractivity contribution in [2.24, 2.45) is 0 Å². The Morgan fingerprint density at radius 2 is 2.11 bits per heavy atom. The van der Waals surface area contributed by atoms with Crippen LogP contribution in [0.1, 0.15) is 30.0 Å². The van der Waals surface area contributed by atoms with Crippen molar-refractivity contribution in [2.45, 2.75) is 26.3 Å². The van der Waals surface area contributed by atoms with Gasteiger partial charge in [0, 0.05) is 10.9 Å². The molecular formula is C15H20N2OS. The molecule has 2 aromatic rings. The van der Waals surface area contributed by atoms with Crippen LogP contribution in [0.5, 0.6) is 5.75 Å². The molecule has 3 nitrogen and oxygen atoms in total. The van der Waals surface area contributed by atoms with Gasteiger partial charge in [-0.3, -0.25) is 0 Å². The summed E-state index contributed by atoms with van der Waals surface area (Å²) in [6.45, 7) is 5.93. The van der Waals surface area contributed by atoms with Gasteiger partial charge in [0.1, 0.15) is 5.75 Å². The molecule has 0 fully saturated rings. The van der Waals surface area contributed by atoms with Crippen LogP contribution in [-0.2, 0) is 0 Å². The fourth-order valence-corrected chi connectivity index (χ4v) is 2.75. The first-order chi connectivity index (χ1) is 9.27. The molecule has 0 spiro atoms. The number of thiazole rings is 1. The second-order valence-electron chi connectivity index (χ2n) is 4.49. The lowest BCUT2D eigenvalue weighted by Crippen LogP contribution is -2.21. The third kappa shape index (κ3) is 4.33. The smallest absolute Gasteiger partial charge is 0.119 e. The largest absolute Gasteiger partial charge is 0.494 e. The minimum Gasteiger partial charge on any atom is -0.494 e. The molecule has 1 atom stereocenters. The number of nitrogens with zero attached hydrogens (tertiary/aromatic N) is 1. The van der Waals surface area contributed by atoms with Gasteiger partial charge in [-0.05, 0) is 38.9 Å². The third-order valence-corrected chi connectivity index (χ3v) is 4.07. The van der Waals surface area contributed by atoms with E-state index in [0.29, 0.717) is 6.04 Å². The first kappa shape index (κ1) is 14.0. The first-order valence-electron chi connectivity index (χ1n) is 6.58. The Labute approximate surface area is 118 Å². The summed E-state index contributed by atoms with van der Waals surface area (Å²) in [6, 6.07) is 10.3. The summed E-state index contributed by atoms with van der Waals surface area (Å²) < 4.78 is 5.65. The van der Waals surface area contributed by atoms with Gasteiger partial charge in [0.15, 0.2) is 0 Å². The summed E-state index contributed by atoms with van der Waals surface area (Å²) in [6.07, 6.45) is 0.997. The summed E-state index contributed by atoms with van der Waals surface area (Å²) >= 11 is 1.71. The van der Waals surface area contributed by atoms with Gasteiger partial charge in [-0.25, -0.2) is 4.98 Å². The minimum absolute atomic E-state index is 0.365. The van der Waals surface area contributed by atoms with Gasteiger partial charge in [-0.15, -0.1) is 11.3 Å². The van der Waals surface area contributed by atoms with Gasteiger partial charge in [-0.2, -0.15) is 0 Å². The summed E-state index contributed by atoms with van der Waals surface area (Å²) in [5.41, 5.74) is 3.03. The van der Waals surface area contributed by atoms with E-state index in [0.717, 1.165) is 31.0 Å². The average Bonchev–Trinajstić information content (AvgIpc) is 2.86. The van der Waals surface area contributed by atoms with Crippen LogP contribution in [0.25, 0.3) is 0 Å². The molecule has 0 aliphatic rings. The summed E-state index contributed by atoms with van der Waals surface area (Å²) in [5.74, 6) is 0.939. The van der Waals surface area contributed by atoms with Crippen LogP contribution >= 0.6 is 11.3 Å². The fourth-order valence-electron chi connectivity index (χ4n) is 1.92. The number of ether oxygens (including phenoxy) is 1. The highest BCUT2D eigenvalue weighted by Crippen LogP contribution is 2.20. The molecule has 1 aromatic carbocycles. The van der Waals surface area contributed by atoms with Crippen LogP contribution in [0.15, 0.2) is 35.8 Å². The van der Waals surface area contributed by atoms with Crippen molar-refractivity contribution < 1.29 is 4.74 Å². The zero-order valence-electron chi connectivity index (χ0n) is 11.4. The van der Waals surface area contributed by atoms with Crippen LogP contribution < -0.4 is 10.1 Å². The van der Waals surface area contributed by atoms with Crippen molar-refractivity contribution in [1.82, 2.24) is 10.3 Å². The van der Waals surface area contributed by atoms with E-state index < -0.39 is 0 Å². The van der Waals surface area contributed by atoms with E-state index in [1.807, 2.05) is 35.8 Å². The second kappa shape index (κ2) is 7.26. The van der Waals surface area contributed by atoms with E-state index in [1.165, 1.54) is 4.88 Å². The Kier molecular flexibility index (Phi) is 5.36. The Bertz CT molecular complexity index is 484. The Morgan fingerprint density at radius 3 is 2.79 bits per heavy atom. The van der Waals surface area contributed by atoms with Crippen LogP contribution in [0.3, 0.4) is 0 Å². The van der Waals surface area contributed by atoms with E-state index in [9.17, 15) is 0 Å². The zero-order chi connectivity index (χ0) is 13.5. The maximum atomic E-state index is 5.65. The molecule has 19 heavy (non-hydrogen) atoms. The molecule has 0 aliphatic carbocycles. The van der Waals surface area contributed by atoms with Crippen molar-refractivity contribution in [2.75, 3.05) is 13.2 Å². The molecule has 1 unspecified atom stereocenters. The summed E-state index contributed by atoms with van der Waals surface area (Å²) in [4.78, 5) is 5.60. The fraction of sp³-hybridized carbons (Fsp3) is 0.400. The molecule has 4 heteroatoms. The van der Waals surface area contributed by atoms with Crippen LogP contribution in [0.4, 0.5) is 0 Å². The third-order valence-electron chi connectivity index (χ3n) is 2.96. The normalized spacial score (nSPS) is 12.3. The van der Waals surface area contributed by atoms with Gasteiger partial charge < -0.3 is 10.1 Å². The monoisotopic (exact) mass is 276 g/mol. The molecule has 0 bridgehead atoms. The van der Waals surface area contributed by atoms with Gasteiger partial charge in [0.25, 0.3) is 0 Å². The first-order valence-corrected chi connectivity index (χ1v) is 7.46. The lowest BCUT2D eigenvalue weighted by atomic mass is 10.2. The van der Waals surface area contributed by atoms with E-state index in [1.54, 1.807) is 11.3 Å². The van der Waals surface area contributed by atoms with Crippen molar-refractivity contribution in [1.29, 1.82) is 0 Å². The summed E-state index contributed by atoms with van der Waals surface area (Å²) in [5, 5.41) is 3.50. The molecule has 102 valence electrons. The number of aryl methyl sites for hydroxylation is 1. The Morgan fingerprint density at radius 1 is 1.32 bits per heavy atom. The van der Waals surface area contributed by atoms with Gasteiger partial charge in [0.05, 0.1) is 17.8 Å². The predicted molar refractivity (Wildman–Crippen MR) is 79.8 cm³/mol. The maximum Gasteiger partial charge on any atom is 0.119 e. The highest BCUT2D eigenvalue weighted by molar-refractivity contribution is 7.09. The molecule has 1 N–H and O–H groups in total. The molecular weight excluding hydrogens is 256 g/mol. The number of aromatic nitrogens is 1. The van der Waals surface area contributed by atoms with E-state index in [-0.39, 0.29) is 0 Å². The molecule has 2 rings (SSSR count). The maximum absolute atomic E-state index is 5.65. The number of hydrogen-bond acceptors (Lipinski definition) is 4. The lowest BCUT2D eigenvalue weighted by molar-refractivity contribution is 0.306. The lowest BCUT2D eigenvalue weighted by Gasteiger charge is -2.13. The SMILES string of the molecule is Cc1ncsc1C(C)NCCCOc1ccccc1. The van der Waals surface area contributed by atoms with Gasteiger partial charge >= 0.3 is 0 Å². The average molecular weight is 276 g/mol. The number of rotatable bonds is 7. The van der Waals surface area contributed by atoms with Gasteiger partial charge in [0.2, 0.25) is 0 Å². The molecule has 1 heterocycles. The second-order valence-corrected chi connectivity index (χ2v) is 5.38. The molecule has 0 amide bonds. The van der Waals surface area contributed by atoms with E-state index in [2.05, 4.69) is 24.1 Å². The Hall–Kier alpha value is -1.39. The zero-order valence-corrected chi connectivity index (χ0v) is 12.2. The number of benzene rings is 1. The molecule has 0 saturated carbocycles. The minimum atomic E-state index is 0.365. The number of hydrogen-bond donors (Lipinski definition) is 1. The molecule has 1 aromatic heterocycles. The summed E-state index contributed by atoms with van der Waals surface area (Å²) in [7, 11) is 0. The van der Waals surface area contributed by atoms with Crippen LogP contribution in [0.2, 0.25) is 0 Å². The topological polar surface area (TPSA) is 34.2 Å². The van der Waals surface area contributed by atoms with Gasteiger partial charge in [-0.1, -0.05) is 18.2 Å². The van der Waals surface area contributed by atoms with Crippen LogP contribution in [-0.4, -0.2) is 18.1 Å². The van der Waals surface area contributed by atoms with Crippen molar-refractivity contribution >= 4 is 11.3 Å². The predicted octanol–water partition coefficient (Wildman–Crippen LogP) is 3.57. The quantitative estimate of drug-likeness (QED) is 0.785. The van der Waals surface area contributed by atoms with Crippen molar-refractivity contribution in [3.63, 3.8) is 0 Å². The van der Waals surface area contributed by atoms with Crippen LogP contribution in [0, 0.1) is 6.92 Å². The highest BCUT2D eigenvalue weighted by Gasteiger charge is 2.09. The van der Waals surface area contributed by atoms with Crippen molar-refractivity contribution in [3.8, 4) is 5.75 Å².